The molecule has 1 aliphatic rings. The van der Waals surface area contributed by atoms with Crippen LogP contribution in [0.3, 0.4) is 0 Å². The van der Waals surface area contributed by atoms with Crippen LogP contribution in [0, 0.1) is 22.7 Å². The molecule has 34 heavy (non-hydrogen) atoms. The van der Waals surface area contributed by atoms with Crippen LogP contribution in [0.5, 0.6) is 0 Å². The minimum absolute atomic E-state index is 0.0713. The summed E-state index contributed by atoms with van der Waals surface area (Å²) in [5.41, 5.74) is 10.2. The molecule has 0 radical (unpaired) electrons. The van der Waals surface area contributed by atoms with Crippen molar-refractivity contribution in [3.63, 3.8) is 0 Å². The van der Waals surface area contributed by atoms with Crippen LogP contribution >= 0.6 is 11.3 Å². The van der Waals surface area contributed by atoms with E-state index in [4.69, 9.17) is 5.73 Å². The maximum Gasteiger partial charge on any atom is 0.274 e. The molecule has 1 aliphatic heterocycles. The van der Waals surface area contributed by atoms with Crippen molar-refractivity contribution in [2.75, 3.05) is 38.0 Å². The van der Waals surface area contributed by atoms with E-state index in [1.165, 1.54) is 15.9 Å². The van der Waals surface area contributed by atoms with E-state index in [9.17, 15) is 15.3 Å². The zero-order chi connectivity index (χ0) is 24.6. The molecular formula is C26H24N6OS. The van der Waals surface area contributed by atoms with Gasteiger partial charge in [-0.05, 0) is 41.5 Å². The molecule has 0 unspecified atom stereocenters. The van der Waals surface area contributed by atoms with E-state index in [-0.39, 0.29) is 17.0 Å². The molecule has 0 aliphatic carbocycles. The molecule has 1 aromatic heterocycles. The summed E-state index contributed by atoms with van der Waals surface area (Å²) in [6.07, 6.45) is 1.78. The van der Waals surface area contributed by atoms with Gasteiger partial charge in [0.25, 0.3) is 5.56 Å². The average Bonchev–Trinajstić information content (AvgIpc) is 3.15. The molecule has 0 saturated heterocycles. The van der Waals surface area contributed by atoms with Crippen LogP contribution in [0.1, 0.15) is 17.0 Å². The molecule has 8 heteroatoms. The highest BCUT2D eigenvalue weighted by molar-refractivity contribution is 7.07. The van der Waals surface area contributed by atoms with Gasteiger partial charge in [-0.25, -0.2) is 0 Å². The minimum Gasteiger partial charge on any atom is -0.384 e. The van der Waals surface area contributed by atoms with Crippen molar-refractivity contribution in [3.05, 3.63) is 84.8 Å². The topological polar surface area (TPSA) is 102 Å². The fourth-order valence-corrected chi connectivity index (χ4v) is 5.10. The number of nitriles is 2. The lowest BCUT2D eigenvalue weighted by atomic mass is 9.84. The maximum atomic E-state index is 13.3. The highest BCUT2D eigenvalue weighted by Gasteiger charge is 2.32. The summed E-state index contributed by atoms with van der Waals surface area (Å²) in [7, 11) is 7.81. The number of hydrogen-bond acceptors (Lipinski definition) is 7. The van der Waals surface area contributed by atoms with E-state index >= 15 is 0 Å². The van der Waals surface area contributed by atoms with Gasteiger partial charge in [0.05, 0.1) is 33.7 Å². The van der Waals surface area contributed by atoms with E-state index in [1.54, 1.807) is 6.08 Å². The van der Waals surface area contributed by atoms with Crippen molar-refractivity contribution >= 4 is 40.2 Å². The van der Waals surface area contributed by atoms with Crippen molar-refractivity contribution in [1.82, 2.24) is 4.57 Å². The number of rotatable bonds is 4. The van der Waals surface area contributed by atoms with Gasteiger partial charge in [0.2, 0.25) is 0 Å². The summed E-state index contributed by atoms with van der Waals surface area (Å²) in [6, 6.07) is 19.9. The number of nitrogens with zero attached hydrogens (tertiary/aromatic N) is 5. The number of nitrogens with two attached hydrogens (primary N) is 1. The summed E-state index contributed by atoms with van der Waals surface area (Å²) >= 11 is 1.22. The van der Waals surface area contributed by atoms with Crippen molar-refractivity contribution in [3.8, 4) is 12.1 Å². The normalized spacial score (nSPS) is 15.5. The van der Waals surface area contributed by atoms with E-state index < -0.39 is 5.92 Å². The number of fused-ring (bicyclic) bond motifs is 1. The number of anilines is 2. The van der Waals surface area contributed by atoms with Crippen LogP contribution < -0.4 is 30.3 Å². The molecule has 0 fully saturated rings. The number of allylic oxidation sites excluding steroid dienone is 1. The summed E-state index contributed by atoms with van der Waals surface area (Å²) in [5, 5.41) is 20.0. The number of aromatic nitrogens is 1. The standard InChI is InChI=1S/C26H24N6OS/c1-30(2)18-9-5-16(6-10-18)13-22-25(33)32-24(29)20(14-27)23(21(15-28)26(32)34-22)17-7-11-19(12-8-17)31(3)4/h5-13,23H,29H2,1-4H3/b22-13+/t23-/m1/s1. The third-order valence-corrected chi connectivity index (χ3v) is 6.95. The van der Waals surface area contributed by atoms with Crippen LogP contribution in [-0.4, -0.2) is 32.8 Å². The summed E-state index contributed by atoms with van der Waals surface area (Å²) < 4.78 is 2.21. The lowest BCUT2D eigenvalue weighted by Gasteiger charge is -2.23. The average molecular weight is 469 g/mol. The van der Waals surface area contributed by atoms with Crippen molar-refractivity contribution in [1.29, 1.82) is 10.5 Å². The van der Waals surface area contributed by atoms with Crippen molar-refractivity contribution in [2.24, 2.45) is 5.73 Å². The van der Waals surface area contributed by atoms with Crippen LogP contribution in [0.2, 0.25) is 0 Å². The first-order valence-electron chi connectivity index (χ1n) is 10.6. The molecule has 3 aromatic rings. The van der Waals surface area contributed by atoms with Crippen LogP contribution in [-0.2, 0) is 0 Å². The highest BCUT2D eigenvalue weighted by Crippen LogP contribution is 2.36. The Labute approximate surface area is 201 Å². The van der Waals surface area contributed by atoms with Gasteiger partial charge in [0, 0.05) is 39.6 Å². The Morgan fingerprint density at radius 1 is 0.912 bits per heavy atom. The predicted octanol–water partition coefficient (Wildman–Crippen LogP) is 1.99. The summed E-state index contributed by atoms with van der Waals surface area (Å²) in [6.45, 7) is 0. The molecule has 0 spiro atoms. The Morgan fingerprint density at radius 2 is 1.44 bits per heavy atom. The largest absolute Gasteiger partial charge is 0.384 e. The second-order valence-electron chi connectivity index (χ2n) is 8.40. The van der Waals surface area contributed by atoms with Gasteiger partial charge in [-0.3, -0.25) is 9.36 Å². The smallest absolute Gasteiger partial charge is 0.274 e. The monoisotopic (exact) mass is 468 g/mol. The first-order chi connectivity index (χ1) is 16.3. The molecule has 0 bridgehead atoms. The minimum atomic E-state index is -0.628. The van der Waals surface area contributed by atoms with Crippen LogP contribution in [0.15, 0.2) is 58.9 Å². The SMILES string of the molecule is CN(C)c1ccc(/C=c2/sc3n(c2=O)C(N)=C(C#N)[C@@H](c2ccc(N(C)C)cc2)C=3C#N)cc1. The summed E-state index contributed by atoms with van der Waals surface area (Å²) in [5.74, 6) is -0.557. The molecule has 0 saturated carbocycles. The fourth-order valence-electron chi connectivity index (χ4n) is 3.97. The molecule has 7 nitrogen and oxygen atoms in total. The molecule has 4 rings (SSSR count). The second-order valence-corrected chi connectivity index (χ2v) is 9.43. The van der Waals surface area contributed by atoms with Gasteiger partial charge in [0.15, 0.2) is 0 Å². The van der Waals surface area contributed by atoms with E-state index in [2.05, 4.69) is 12.1 Å². The quantitative estimate of drug-likeness (QED) is 0.628. The van der Waals surface area contributed by atoms with Gasteiger partial charge >= 0.3 is 0 Å². The van der Waals surface area contributed by atoms with E-state index in [0.29, 0.717) is 14.8 Å². The number of thiazole rings is 1. The maximum absolute atomic E-state index is 13.3. The molecule has 0 amide bonds. The Morgan fingerprint density at radius 3 is 1.94 bits per heavy atom. The molecule has 1 atom stereocenters. The van der Waals surface area contributed by atoms with Gasteiger partial charge in [-0.2, -0.15) is 10.5 Å². The zero-order valence-corrected chi connectivity index (χ0v) is 20.2. The van der Waals surface area contributed by atoms with Gasteiger partial charge < -0.3 is 15.5 Å². The first-order valence-corrected chi connectivity index (χ1v) is 11.4. The molecule has 2 heterocycles. The number of hydrogen-bond donors (Lipinski definition) is 1. The van der Waals surface area contributed by atoms with Crippen molar-refractivity contribution in [2.45, 2.75) is 5.92 Å². The Hall–Kier alpha value is -4.27. The van der Waals surface area contributed by atoms with Gasteiger partial charge in [-0.1, -0.05) is 24.3 Å². The lowest BCUT2D eigenvalue weighted by Crippen LogP contribution is -2.38. The van der Waals surface area contributed by atoms with E-state index in [0.717, 1.165) is 22.5 Å². The van der Waals surface area contributed by atoms with E-state index in [1.807, 2.05) is 86.5 Å². The molecular weight excluding hydrogens is 444 g/mol. The third-order valence-electron chi connectivity index (χ3n) is 5.84. The Balaban J connectivity index is 1.94. The van der Waals surface area contributed by atoms with Crippen LogP contribution in [0.25, 0.3) is 17.5 Å². The molecule has 2 aromatic carbocycles. The predicted molar refractivity (Wildman–Crippen MR) is 138 cm³/mol. The van der Waals surface area contributed by atoms with Gasteiger partial charge in [0.1, 0.15) is 10.5 Å². The number of benzene rings is 2. The Bertz CT molecular complexity index is 1540. The van der Waals surface area contributed by atoms with Crippen LogP contribution in [0.4, 0.5) is 11.4 Å². The third kappa shape index (κ3) is 3.85. The molecule has 170 valence electrons. The Kier molecular flexibility index (Phi) is 6.02. The zero-order valence-electron chi connectivity index (χ0n) is 19.4. The molecule has 2 N–H and O–H groups in total. The highest BCUT2D eigenvalue weighted by atomic mass is 32.1. The van der Waals surface area contributed by atoms with Crippen molar-refractivity contribution < 1.29 is 0 Å². The fraction of sp³-hybridized carbons (Fsp3) is 0.192. The first kappa shape index (κ1) is 22.9. The lowest BCUT2D eigenvalue weighted by molar-refractivity contribution is 0.906. The summed E-state index contributed by atoms with van der Waals surface area (Å²) in [4.78, 5) is 17.2. The second kappa shape index (κ2) is 8.93. The van der Waals surface area contributed by atoms with Gasteiger partial charge in [-0.15, -0.1) is 11.3 Å².